The quantitative estimate of drug-likeness (QED) is 0.777. The molecule has 0 aliphatic heterocycles. The molecule has 0 aliphatic rings. The third-order valence-electron chi connectivity index (χ3n) is 5.41. The molecule has 0 saturated heterocycles. The van der Waals surface area contributed by atoms with E-state index in [0.717, 1.165) is 33.4 Å². The van der Waals surface area contributed by atoms with Crippen molar-refractivity contribution >= 4 is 10.0 Å². The molecule has 27 heavy (non-hydrogen) atoms. The predicted molar refractivity (Wildman–Crippen MR) is 108 cm³/mol. The standard InChI is InChI=1S/C21H29NO4S/c1-13-14(2)16(4)21(17(5)15(13)3)27(23,24)22-12-20(26-7)18-9-8-10-19(11-18)25-6/h8-11,20,22H,12H2,1-7H3. The number of hydrogen-bond acceptors (Lipinski definition) is 4. The van der Waals surface area contributed by atoms with Crippen molar-refractivity contribution in [1.29, 1.82) is 0 Å². The van der Waals surface area contributed by atoms with Crippen LogP contribution in [0.1, 0.15) is 39.5 Å². The Kier molecular flexibility index (Phi) is 6.68. The van der Waals surface area contributed by atoms with Gasteiger partial charge >= 0.3 is 0 Å². The summed E-state index contributed by atoms with van der Waals surface area (Å²) in [6, 6.07) is 7.43. The van der Waals surface area contributed by atoms with E-state index in [1.807, 2.05) is 58.9 Å². The van der Waals surface area contributed by atoms with Crippen molar-refractivity contribution in [3.63, 3.8) is 0 Å². The van der Waals surface area contributed by atoms with Gasteiger partial charge in [0.05, 0.1) is 18.1 Å². The number of methoxy groups -OCH3 is 2. The molecule has 2 rings (SSSR count). The monoisotopic (exact) mass is 391 g/mol. The molecule has 0 spiro atoms. The Bertz CT molecular complexity index is 906. The molecule has 1 N–H and O–H groups in total. The first-order valence-corrected chi connectivity index (χ1v) is 10.4. The van der Waals surface area contributed by atoms with Gasteiger partial charge in [0, 0.05) is 13.7 Å². The molecule has 0 radical (unpaired) electrons. The number of rotatable bonds is 7. The lowest BCUT2D eigenvalue weighted by Gasteiger charge is -2.21. The van der Waals surface area contributed by atoms with Crippen LogP contribution in [0.15, 0.2) is 29.2 Å². The lowest BCUT2D eigenvalue weighted by atomic mass is 9.95. The maximum atomic E-state index is 13.1. The van der Waals surface area contributed by atoms with Crippen molar-refractivity contribution in [1.82, 2.24) is 4.72 Å². The Morgan fingerprint density at radius 1 is 0.926 bits per heavy atom. The van der Waals surface area contributed by atoms with Crippen molar-refractivity contribution in [3.8, 4) is 5.75 Å². The maximum Gasteiger partial charge on any atom is 0.241 e. The highest BCUT2D eigenvalue weighted by Gasteiger charge is 2.25. The van der Waals surface area contributed by atoms with Gasteiger partial charge in [-0.25, -0.2) is 13.1 Å². The second kappa shape index (κ2) is 8.42. The van der Waals surface area contributed by atoms with E-state index in [9.17, 15) is 8.42 Å². The molecule has 5 nitrogen and oxygen atoms in total. The lowest BCUT2D eigenvalue weighted by molar-refractivity contribution is 0.107. The van der Waals surface area contributed by atoms with Crippen LogP contribution in [0.3, 0.4) is 0 Å². The fraction of sp³-hybridized carbons (Fsp3) is 0.429. The van der Waals surface area contributed by atoms with Gasteiger partial charge in [0.15, 0.2) is 0 Å². The molecule has 0 heterocycles. The minimum absolute atomic E-state index is 0.136. The van der Waals surface area contributed by atoms with E-state index >= 15 is 0 Å². The van der Waals surface area contributed by atoms with Crippen molar-refractivity contribution in [3.05, 3.63) is 57.6 Å². The molecular formula is C21H29NO4S. The first kappa shape index (κ1) is 21.4. The van der Waals surface area contributed by atoms with Crippen LogP contribution in [-0.4, -0.2) is 29.2 Å². The van der Waals surface area contributed by atoms with Gasteiger partial charge < -0.3 is 9.47 Å². The van der Waals surface area contributed by atoms with Gasteiger partial charge in [-0.05, 0) is 80.1 Å². The van der Waals surface area contributed by atoms with Gasteiger partial charge in [-0.2, -0.15) is 0 Å². The minimum atomic E-state index is -3.67. The van der Waals surface area contributed by atoms with Gasteiger partial charge in [-0.3, -0.25) is 0 Å². The van der Waals surface area contributed by atoms with Crippen molar-refractivity contribution < 1.29 is 17.9 Å². The summed E-state index contributed by atoms with van der Waals surface area (Å²) >= 11 is 0. The summed E-state index contributed by atoms with van der Waals surface area (Å²) in [4.78, 5) is 0.364. The Morgan fingerprint density at radius 3 is 2.00 bits per heavy atom. The predicted octanol–water partition coefficient (Wildman–Crippen LogP) is 3.90. The van der Waals surface area contributed by atoms with Gasteiger partial charge in [0.1, 0.15) is 5.75 Å². The average Bonchev–Trinajstić information content (AvgIpc) is 2.65. The summed E-state index contributed by atoms with van der Waals surface area (Å²) in [6.07, 6.45) is -0.414. The molecular weight excluding hydrogens is 362 g/mol. The molecule has 0 amide bonds. The normalized spacial score (nSPS) is 12.9. The molecule has 148 valence electrons. The van der Waals surface area contributed by atoms with E-state index < -0.39 is 16.1 Å². The molecule has 2 aromatic rings. The summed E-state index contributed by atoms with van der Waals surface area (Å²) < 4.78 is 39.6. The number of ether oxygens (including phenoxy) is 2. The molecule has 0 fully saturated rings. The zero-order valence-electron chi connectivity index (χ0n) is 17.1. The third kappa shape index (κ3) is 4.34. The van der Waals surface area contributed by atoms with E-state index in [-0.39, 0.29) is 6.54 Å². The summed E-state index contributed by atoms with van der Waals surface area (Å²) in [6.45, 7) is 9.81. The van der Waals surface area contributed by atoms with Crippen LogP contribution in [0.25, 0.3) is 0 Å². The van der Waals surface area contributed by atoms with Gasteiger partial charge in [-0.1, -0.05) is 12.1 Å². The molecule has 0 aliphatic carbocycles. The van der Waals surface area contributed by atoms with Crippen LogP contribution < -0.4 is 9.46 Å². The molecule has 2 aromatic carbocycles. The van der Waals surface area contributed by atoms with E-state index in [4.69, 9.17) is 9.47 Å². The second-order valence-corrected chi connectivity index (χ2v) is 8.51. The van der Waals surface area contributed by atoms with Gasteiger partial charge in [0.25, 0.3) is 0 Å². The molecule has 6 heteroatoms. The molecule has 0 saturated carbocycles. The maximum absolute atomic E-state index is 13.1. The number of sulfonamides is 1. The summed E-state index contributed by atoms with van der Waals surface area (Å²) in [7, 11) is -0.514. The van der Waals surface area contributed by atoms with Crippen molar-refractivity contribution in [2.45, 2.75) is 45.6 Å². The molecule has 1 atom stereocenters. The summed E-state index contributed by atoms with van der Waals surface area (Å²) in [5.41, 5.74) is 5.58. The highest BCUT2D eigenvalue weighted by Crippen LogP contribution is 2.30. The van der Waals surface area contributed by atoms with E-state index in [1.165, 1.54) is 0 Å². The Hall–Kier alpha value is -1.89. The summed E-state index contributed by atoms with van der Waals surface area (Å²) in [5.74, 6) is 0.703. The first-order chi connectivity index (χ1) is 12.6. The van der Waals surface area contributed by atoms with Crippen LogP contribution in [0.4, 0.5) is 0 Å². The largest absolute Gasteiger partial charge is 0.497 e. The van der Waals surface area contributed by atoms with Crippen molar-refractivity contribution in [2.75, 3.05) is 20.8 Å². The number of benzene rings is 2. The van der Waals surface area contributed by atoms with E-state index in [2.05, 4.69) is 4.72 Å². The second-order valence-electron chi connectivity index (χ2n) is 6.81. The molecule has 1 unspecified atom stereocenters. The SMILES string of the molecule is COc1cccc(C(CNS(=O)(=O)c2c(C)c(C)c(C)c(C)c2C)OC)c1. The van der Waals surface area contributed by atoms with Crippen LogP contribution in [0.2, 0.25) is 0 Å². The van der Waals surface area contributed by atoms with Crippen LogP contribution in [-0.2, 0) is 14.8 Å². The zero-order chi connectivity index (χ0) is 20.4. The van der Waals surface area contributed by atoms with Crippen LogP contribution >= 0.6 is 0 Å². The van der Waals surface area contributed by atoms with Crippen LogP contribution in [0, 0.1) is 34.6 Å². The fourth-order valence-corrected chi connectivity index (χ4v) is 4.93. The Labute approximate surface area is 162 Å². The average molecular weight is 392 g/mol. The zero-order valence-corrected chi connectivity index (χ0v) is 18.0. The minimum Gasteiger partial charge on any atom is -0.497 e. The number of hydrogen-bond donors (Lipinski definition) is 1. The topological polar surface area (TPSA) is 64.6 Å². The van der Waals surface area contributed by atoms with Gasteiger partial charge in [0.2, 0.25) is 10.0 Å². The Balaban J connectivity index is 2.34. The highest BCUT2D eigenvalue weighted by atomic mass is 32.2. The van der Waals surface area contributed by atoms with Crippen LogP contribution in [0.5, 0.6) is 5.75 Å². The smallest absolute Gasteiger partial charge is 0.241 e. The number of nitrogens with one attached hydrogen (secondary N) is 1. The lowest BCUT2D eigenvalue weighted by Crippen LogP contribution is -2.30. The van der Waals surface area contributed by atoms with E-state index in [0.29, 0.717) is 10.6 Å². The summed E-state index contributed by atoms with van der Waals surface area (Å²) in [5, 5.41) is 0. The van der Waals surface area contributed by atoms with Gasteiger partial charge in [-0.15, -0.1) is 0 Å². The Morgan fingerprint density at radius 2 is 1.48 bits per heavy atom. The van der Waals surface area contributed by atoms with Crippen molar-refractivity contribution in [2.24, 2.45) is 0 Å². The third-order valence-corrected chi connectivity index (χ3v) is 7.11. The highest BCUT2D eigenvalue weighted by molar-refractivity contribution is 7.89. The molecule has 0 aromatic heterocycles. The first-order valence-electron chi connectivity index (χ1n) is 8.87. The molecule has 0 bridgehead atoms. The fourth-order valence-electron chi connectivity index (χ4n) is 3.31. The van der Waals surface area contributed by atoms with E-state index in [1.54, 1.807) is 14.2 Å².